The van der Waals surface area contributed by atoms with Crippen molar-refractivity contribution in [2.75, 3.05) is 37.6 Å². The molecule has 1 aliphatic rings. The molecule has 118 valence electrons. The fourth-order valence-electron chi connectivity index (χ4n) is 3.04. The molecule has 0 saturated carbocycles. The maximum absolute atomic E-state index is 10.5. The fraction of sp³-hybridized carbons (Fsp3) is 0.471. The summed E-state index contributed by atoms with van der Waals surface area (Å²) in [7, 11) is 0. The predicted octanol–water partition coefficient (Wildman–Crippen LogP) is 2.62. The van der Waals surface area contributed by atoms with Crippen molar-refractivity contribution in [3.8, 4) is 0 Å². The van der Waals surface area contributed by atoms with Crippen LogP contribution in [0.25, 0.3) is 0 Å². The number of hydrogen-bond acceptors (Lipinski definition) is 5. The Kier molecular flexibility index (Phi) is 4.76. The van der Waals surface area contributed by atoms with E-state index >= 15 is 0 Å². The Bertz CT molecular complexity index is 606. The van der Waals surface area contributed by atoms with Gasteiger partial charge in [0.2, 0.25) is 0 Å². The maximum atomic E-state index is 10.5. The number of thiazole rings is 1. The van der Waals surface area contributed by atoms with Crippen LogP contribution in [-0.2, 0) is 0 Å². The van der Waals surface area contributed by atoms with Gasteiger partial charge in [0.1, 0.15) is 0 Å². The molecule has 1 saturated heterocycles. The number of piperazine rings is 1. The smallest absolute Gasteiger partial charge is 0.185 e. The number of anilines is 1. The second kappa shape index (κ2) is 6.77. The van der Waals surface area contributed by atoms with E-state index < -0.39 is 6.10 Å². The molecule has 3 rings (SSSR count). The number of nitrogens with zero attached hydrogens (tertiary/aromatic N) is 3. The summed E-state index contributed by atoms with van der Waals surface area (Å²) in [5, 5.41) is 13.7. The van der Waals surface area contributed by atoms with Crippen LogP contribution in [0.2, 0.25) is 0 Å². The largest absolute Gasteiger partial charge is 0.387 e. The first kappa shape index (κ1) is 15.5. The lowest BCUT2D eigenvalue weighted by Gasteiger charge is -2.35. The number of rotatable bonds is 4. The van der Waals surface area contributed by atoms with E-state index in [-0.39, 0.29) is 0 Å². The lowest BCUT2D eigenvalue weighted by Crippen LogP contribution is -2.47. The number of hydrogen-bond donors (Lipinski definition) is 1. The number of aromatic nitrogens is 1. The van der Waals surface area contributed by atoms with Crippen LogP contribution in [0.15, 0.2) is 29.8 Å². The van der Waals surface area contributed by atoms with E-state index in [2.05, 4.69) is 46.8 Å². The molecule has 5 heteroatoms. The monoisotopic (exact) mass is 317 g/mol. The molecule has 4 nitrogen and oxygen atoms in total. The Balaban J connectivity index is 1.56. The van der Waals surface area contributed by atoms with Crippen molar-refractivity contribution in [1.29, 1.82) is 0 Å². The molecule has 1 aromatic heterocycles. The van der Waals surface area contributed by atoms with Gasteiger partial charge in [-0.3, -0.25) is 4.90 Å². The Hall–Kier alpha value is -1.43. The molecule has 0 amide bonds. The molecule has 0 unspecified atom stereocenters. The van der Waals surface area contributed by atoms with Gasteiger partial charge in [0, 0.05) is 44.3 Å². The van der Waals surface area contributed by atoms with Crippen LogP contribution in [0, 0.1) is 13.8 Å². The average molecular weight is 317 g/mol. The Labute approximate surface area is 136 Å². The van der Waals surface area contributed by atoms with Gasteiger partial charge in [-0.1, -0.05) is 23.8 Å². The van der Waals surface area contributed by atoms with Gasteiger partial charge in [0.05, 0.1) is 6.10 Å². The zero-order valence-electron chi connectivity index (χ0n) is 13.2. The summed E-state index contributed by atoms with van der Waals surface area (Å²) in [5.74, 6) is 0. The zero-order valence-corrected chi connectivity index (χ0v) is 14.0. The summed E-state index contributed by atoms with van der Waals surface area (Å²) in [6.45, 7) is 8.77. The van der Waals surface area contributed by atoms with Gasteiger partial charge >= 0.3 is 0 Å². The van der Waals surface area contributed by atoms with Crippen LogP contribution in [0.4, 0.5) is 5.13 Å². The Morgan fingerprint density at radius 3 is 2.64 bits per heavy atom. The molecule has 0 aliphatic carbocycles. The van der Waals surface area contributed by atoms with E-state index in [1.165, 1.54) is 11.1 Å². The van der Waals surface area contributed by atoms with Crippen molar-refractivity contribution in [1.82, 2.24) is 9.88 Å². The first-order valence-electron chi connectivity index (χ1n) is 7.75. The third kappa shape index (κ3) is 3.48. The van der Waals surface area contributed by atoms with E-state index in [4.69, 9.17) is 0 Å². The van der Waals surface area contributed by atoms with Gasteiger partial charge in [-0.25, -0.2) is 4.98 Å². The lowest BCUT2D eigenvalue weighted by atomic mass is 10.0. The van der Waals surface area contributed by atoms with Crippen molar-refractivity contribution in [2.45, 2.75) is 20.0 Å². The topological polar surface area (TPSA) is 39.6 Å². The number of β-amino-alcohol motifs (C(OH)–C–C–N with tert-alkyl or cyclic N) is 1. The van der Waals surface area contributed by atoms with Crippen molar-refractivity contribution >= 4 is 16.5 Å². The molecule has 1 fully saturated rings. The van der Waals surface area contributed by atoms with Crippen molar-refractivity contribution < 1.29 is 5.11 Å². The van der Waals surface area contributed by atoms with E-state index in [9.17, 15) is 5.11 Å². The molecule has 2 aromatic rings. The fourth-order valence-corrected chi connectivity index (χ4v) is 3.73. The second-order valence-corrected chi connectivity index (χ2v) is 6.85. The highest BCUT2D eigenvalue weighted by Crippen LogP contribution is 2.22. The van der Waals surface area contributed by atoms with Gasteiger partial charge < -0.3 is 10.0 Å². The molecule has 1 atom stereocenters. The molecule has 22 heavy (non-hydrogen) atoms. The predicted molar refractivity (Wildman–Crippen MR) is 91.6 cm³/mol. The van der Waals surface area contributed by atoms with Gasteiger partial charge in [0.15, 0.2) is 5.13 Å². The third-order valence-electron chi connectivity index (χ3n) is 4.28. The third-order valence-corrected chi connectivity index (χ3v) is 5.11. The molecular formula is C17H23N3OS. The van der Waals surface area contributed by atoms with Crippen molar-refractivity contribution in [3.63, 3.8) is 0 Å². The number of aliphatic hydroxyl groups is 1. The highest BCUT2D eigenvalue weighted by atomic mass is 32.1. The van der Waals surface area contributed by atoms with Crippen molar-refractivity contribution in [3.05, 3.63) is 46.5 Å². The molecule has 0 radical (unpaired) electrons. The summed E-state index contributed by atoms with van der Waals surface area (Å²) in [5.41, 5.74) is 3.47. The molecule has 1 aliphatic heterocycles. The normalized spacial score (nSPS) is 17.7. The highest BCUT2D eigenvalue weighted by molar-refractivity contribution is 7.13. The molecular weight excluding hydrogens is 294 g/mol. The van der Waals surface area contributed by atoms with E-state index in [0.717, 1.165) is 36.9 Å². The van der Waals surface area contributed by atoms with Gasteiger partial charge in [-0.15, -0.1) is 11.3 Å². The van der Waals surface area contributed by atoms with Crippen LogP contribution < -0.4 is 4.90 Å². The van der Waals surface area contributed by atoms with Crippen LogP contribution in [-0.4, -0.2) is 47.7 Å². The quantitative estimate of drug-likeness (QED) is 0.941. The summed E-state index contributed by atoms with van der Waals surface area (Å²) in [6.07, 6.45) is 1.45. The van der Waals surface area contributed by atoms with Crippen molar-refractivity contribution in [2.24, 2.45) is 0 Å². The van der Waals surface area contributed by atoms with Gasteiger partial charge in [-0.05, 0) is 25.0 Å². The minimum Gasteiger partial charge on any atom is -0.387 e. The number of aryl methyl sites for hydroxylation is 2. The summed E-state index contributed by atoms with van der Waals surface area (Å²) in [4.78, 5) is 9.04. The Morgan fingerprint density at radius 2 is 2.00 bits per heavy atom. The zero-order chi connectivity index (χ0) is 15.5. The van der Waals surface area contributed by atoms with Crippen LogP contribution in [0.1, 0.15) is 22.8 Å². The maximum Gasteiger partial charge on any atom is 0.185 e. The summed E-state index contributed by atoms with van der Waals surface area (Å²) in [6, 6.07) is 6.27. The van der Waals surface area contributed by atoms with E-state index in [1.807, 2.05) is 11.6 Å². The standard InChI is InChI=1S/C17H23N3OS/c1-13-3-4-15(14(2)11-13)16(21)12-19-6-8-20(9-7-19)17-18-5-10-22-17/h3-5,10-11,16,21H,6-9,12H2,1-2H3/t16-/m0/s1. The SMILES string of the molecule is Cc1ccc([C@@H](O)CN2CCN(c3nccs3)CC2)c(C)c1. The van der Waals surface area contributed by atoms with Gasteiger partial charge in [0.25, 0.3) is 0 Å². The van der Waals surface area contributed by atoms with Crippen LogP contribution >= 0.6 is 11.3 Å². The van der Waals surface area contributed by atoms with Gasteiger partial charge in [-0.2, -0.15) is 0 Å². The van der Waals surface area contributed by atoms with E-state index in [0.29, 0.717) is 6.54 Å². The number of benzene rings is 1. The minimum absolute atomic E-state index is 0.410. The molecule has 1 aromatic carbocycles. The number of aliphatic hydroxyl groups excluding tert-OH is 1. The van der Waals surface area contributed by atoms with Crippen LogP contribution in [0.3, 0.4) is 0 Å². The average Bonchev–Trinajstić information content (AvgIpc) is 3.02. The summed E-state index contributed by atoms with van der Waals surface area (Å²) < 4.78 is 0. The Morgan fingerprint density at radius 1 is 1.23 bits per heavy atom. The molecule has 0 spiro atoms. The molecule has 2 heterocycles. The minimum atomic E-state index is -0.410. The lowest BCUT2D eigenvalue weighted by molar-refractivity contribution is 0.109. The second-order valence-electron chi connectivity index (χ2n) is 5.98. The van der Waals surface area contributed by atoms with Crippen LogP contribution in [0.5, 0.6) is 0 Å². The molecule has 1 N–H and O–H groups in total. The molecule has 0 bridgehead atoms. The highest BCUT2D eigenvalue weighted by Gasteiger charge is 2.21. The van der Waals surface area contributed by atoms with E-state index in [1.54, 1.807) is 11.3 Å². The first-order valence-corrected chi connectivity index (χ1v) is 8.63. The summed E-state index contributed by atoms with van der Waals surface area (Å²) >= 11 is 1.69. The first-order chi connectivity index (χ1) is 10.6.